The molecule has 0 amide bonds. The van der Waals surface area contributed by atoms with Crippen LogP contribution < -0.4 is 15.5 Å². The van der Waals surface area contributed by atoms with Crippen molar-refractivity contribution in [1.82, 2.24) is 9.78 Å². The van der Waals surface area contributed by atoms with Gasteiger partial charge in [0.05, 0.1) is 6.04 Å². The summed E-state index contributed by atoms with van der Waals surface area (Å²) in [5.41, 5.74) is -0.122. The Labute approximate surface area is 148 Å². The molecule has 0 saturated heterocycles. The quantitative estimate of drug-likeness (QED) is 0.419. The van der Waals surface area contributed by atoms with E-state index in [4.69, 9.17) is 10.8 Å². The molecule has 0 radical (unpaired) electrons. The van der Waals surface area contributed by atoms with E-state index in [1.807, 2.05) is 0 Å². The van der Waals surface area contributed by atoms with Crippen molar-refractivity contribution in [3.05, 3.63) is 47.4 Å². The lowest BCUT2D eigenvalue weighted by Gasteiger charge is -2.17. The number of hydrogen-bond donors (Lipinski definition) is 3. The van der Waals surface area contributed by atoms with Gasteiger partial charge in [0, 0.05) is 0 Å². The summed E-state index contributed by atoms with van der Waals surface area (Å²) in [5, 5.41) is 20.9. The number of ether oxygens (including phenoxy) is 1. The van der Waals surface area contributed by atoms with Crippen LogP contribution in [0, 0.1) is 10.8 Å². The number of aromatic nitrogens is 2. The number of rotatable bonds is 4. The van der Waals surface area contributed by atoms with Gasteiger partial charge in [0.1, 0.15) is 17.1 Å². The van der Waals surface area contributed by atoms with Gasteiger partial charge >= 0.3 is 12.5 Å². The molecular weight excluding hydrogens is 380 g/mol. The second-order valence-electron chi connectivity index (χ2n) is 5.34. The van der Waals surface area contributed by atoms with Crippen LogP contribution in [0.5, 0.6) is 5.75 Å². The first-order chi connectivity index (χ1) is 12.4. The lowest BCUT2D eigenvalue weighted by molar-refractivity contribution is -0.274. The average molecular weight is 393 g/mol. The van der Waals surface area contributed by atoms with Gasteiger partial charge in [-0.25, -0.2) is 0 Å². The lowest BCUT2D eigenvalue weighted by Crippen LogP contribution is -2.38. The fourth-order valence-corrected chi connectivity index (χ4v) is 2.05. The number of nitrogens with one attached hydrogen (secondary N) is 3. The van der Waals surface area contributed by atoms with Gasteiger partial charge in [0.2, 0.25) is 5.84 Å². The molecule has 6 nitrogen and oxygen atoms in total. The SMILES string of the molecule is CC(Nc1ccc(=N)n(C(=N)C(F)(F)F)n1)c1ccc(OC(F)(F)F)cc1. The first kappa shape index (κ1) is 20.3. The van der Waals surface area contributed by atoms with Crippen LogP contribution in [0.15, 0.2) is 36.4 Å². The van der Waals surface area contributed by atoms with Crippen LogP contribution in [-0.2, 0) is 0 Å². The highest BCUT2D eigenvalue weighted by atomic mass is 19.4. The Bertz CT molecular complexity index is 872. The molecule has 0 spiro atoms. The summed E-state index contributed by atoms with van der Waals surface area (Å²) < 4.78 is 78.3. The van der Waals surface area contributed by atoms with Crippen LogP contribution in [0.25, 0.3) is 0 Å². The molecule has 1 aromatic heterocycles. The first-order valence-corrected chi connectivity index (χ1v) is 7.30. The second kappa shape index (κ2) is 7.29. The summed E-state index contributed by atoms with van der Waals surface area (Å²) in [6.45, 7) is 1.61. The predicted molar refractivity (Wildman–Crippen MR) is 82.4 cm³/mol. The first-order valence-electron chi connectivity index (χ1n) is 7.30. The van der Waals surface area contributed by atoms with Crippen LogP contribution in [0.2, 0.25) is 0 Å². The summed E-state index contributed by atoms with van der Waals surface area (Å²) >= 11 is 0. The molecule has 0 fully saturated rings. The third-order valence-corrected chi connectivity index (χ3v) is 3.29. The molecule has 0 aliphatic heterocycles. The van der Waals surface area contributed by atoms with Crippen LogP contribution in [0.3, 0.4) is 0 Å². The maximum Gasteiger partial charge on any atom is 0.573 e. The summed E-state index contributed by atoms with van der Waals surface area (Å²) in [5.74, 6) is -2.29. The van der Waals surface area contributed by atoms with Gasteiger partial charge in [-0.2, -0.15) is 17.9 Å². The maximum absolute atomic E-state index is 12.6. The van der Waals surface area contributed by atoms with Gasteiger partial charge in [-0.15, -0.1) is 18.3 Å². The number of hydrogen-bond acceptors (Lipinski definition) is 5. The summed E-state index contributed by atoms with van der Waals surface area (Å²) in [6.07, 6.45) is -9.80. The lowest BCUT2D eigenvalue weighted by atomic mass is 10.1. The molecule has 1 aromatic carbocycles. The topological polar surface area (TPSA) is 86.8 Å². The van der Waals surface area contributed by atoms with E-state index < -0.39 is 35.7 Å². The van der Waals surface area contributed by atoms with Crippen LogP contribution in [0.4, 0.5) is 32.2 Å². The molecule has 12 heteroatoms. The van der Waals surface area contributed by atoms with Crippen molar-refractivity contribution in [2.75, 3.05) is 5.32 Å². The zero-order valence-corrected chi connectivity index (χ0v) is 13.6. The van der Waals surface area contributed by atoms with E-state index in [9.17, 15) is 26.3 Å². The fourth-order valence-electron chi connectivity index (χ4n) is 2.05. The number of halogens is 6. The number of benzene rings is 1. The van der Waals surface area contributed by atoms with Crippen molar-refractivity contribution >= 4 is 11.7 Å². The minimum atomic E-state index is -4.98. The van der Waals surface area contributed by atoms with E-state index in [0.717, 1.165) is 18.2 Å². The van der Waals surface area contributed by atoms with Crippen molar-refractivity contribution in [3.8, 4) is 5.75 Å². The molecule has 0 bridgehead atoms. The highest BCUT2D eigenvalue weighted by molar-refractivity contribution is 5.85. The second-order valence-corrected chi connectivity index (χ2v) is 5.34. The molecule has 0 aliphatic rings. The molecule has 2 rings (SSSR count). The molecular formula is C15H13F6N5O. The zero-order chi connectivity index (χ0) is 20.4. The number of alkyl halides is 6. The smallest absolute Gasteiger partial charge is 0.406 e. The Morgan fingerprint density at radius 1 is 1.07 bits per heavy atom. The van der Waals surface area contributed by atoms with Gasteiger partial charge in [0.15, 0.2) is 0 Å². The van der Waals surface area contributed by atoms with E-state index in [1.165, 1.54) is 18.2 Å². The minimum Gasteiger partial charge on any atom is -0.406 e. The Hall–Kier alpha value is -3.05. The highest BCUT2D eigenvalue weighted by Gasteiger charge is 2.37. The molecule has 2 aromatic rings. The van der Waals surface area contributed by atoms with E-state index >= 15 is 0 Å². The largest absolute Gasteiger partial charge is 0.573 e. The zero-order valence-electron chi connectivity index (χ0n) is 13.6. The molecule has 1 heterocycles. The van der Waals surface area contributed by atoms with Crippen LogP contribution in [-0.4, -0.2) is 28.2 Å². The van der Waals surface area contributed by atoms with Crippen molar-refractivity contribution in [2.24, 2.45) is 0 Å². The summed E-state index contributed by atoms with van der Waals surface area (Å²) in [7, 11) is 0. The third-order valence-electron chi connectivity index (χ3n) is 3.29. The highest BCUT2D eigenvalue weighted by Crippen LogP contribution is 2.25. The van der Waals surface area contributed by atoms with Gasteiger partial charge in [-0.05, 0) is 36.8 Å². The molecule has 3 N–H and O–H groups in total. The normalized spacial score (nSPS) is 13.1. The van der Waals surface area contributed by atoms with Crippen molar-refractivity contribution in [2.45, 2.75) is 25.5 Å². The summed E-state index contributed by atoms with van der Waals surface area (Å²) in [4.78, 5) is 0. The summed E-state index contributed by atoms with van der Waals surface area (Å²) in [6, 6.07) is 6.64. The van der Waals surface area contributed by atoms with Crippen molar-refractivity contribution < 1.29 is 31.1 Å². The third kappa shape index (κ3) is 5.46. The Kier molecular flexibility index (Phi) is 5.47. The Morgan fingerprint density at radius 3 is 2.19 bits per heavy atom. The Balaban J connectivity index is 2.17. The standard InChI is InChI=1S/C15H13F6N5O/c1-8(9-2-4-10(5-3-9)27-15(19,20)21)24-12-7-6-11(22)26(25-12)13(23)14(16,17)18/h2-8,22-23H,1H3,(H,24,25). The van der Waals surface area contributed by atoms with Gasteiger partial charge in [-0.1, -0.05) is 12.1 Å². The maximum atomic E-state index is 12.6. The minimum absolute atomic E-state index is 0.0527. The average Bonchev–Trinajstić information content (AvgIpc) is 2.54. The number of nitrogens with zero attached hydrogens (tertiary/aromatic N) is 2. The Morgan fingerprint density at radius 2 is 1.67 bits per heavy atom. The van der Waals surface area contributed by atoms with Crippen LogP contribution in [0.1, 0.15) is 18.5 Å². The molecule has 1 unspecified atom stereocenters. The molecule has 0 saturated carbocycles. The molecule has 146 valence electrons. The van der Waals surface area contributed by atoms with E-state index in [0.29, 0.717) is 5.56 Å². The molecule has 0 aliphatic carbocycles. The molecule has 1 atom stereocenters. The number of anilines is 1. The predicted octanol–water partition coefficient (Wildman–Crippen LogP) is 3.82. The van der Waals surface area contributed by atoms with Gasteiger partial charge in [0.25, 0.3) is 0 Å². The van der Waals surface area contributed by atoms with E-state index in [2.05, 4.69) is 15.2 Å². The van der Waals surface area contributed by atoms with Crippen molar-refractivity contribution in [1.29, 1.82) is 10.8 Å². The molecule has 27 heavy (non-hydrogen) atoms. The van der Waals surface area contributed by atoms with E-state index in [-0.39, 0.29) is 10.5 Å². The van der Waals surface area contributed by atoms with Crippen molar-refractivity contribution in [3.63, 3.8) is 0 Å². The van der Waals surface area contributed by atoms with Crippen LogP contribution >= 0.6 is 0 Å². The van der Waals surface area contributed by atoms with Gasteiger partial charge < -0.3 is 10.1 Å². The van der Waals surface area contributed by atoms with Gasteiger partial charge in [-0.3, -0.25) is 10.8 Å². The fraction of sp³-hybridized carbons (Fsp3) is 0.267. The van der Waals surface area contributed by atoms with E-state index in [1.54, 1.807) is 6.92 Å². The monoisotopic (exact) mass is 393 g/mol.